The van der Waals surface area contributed by atoms with Crippen molar-refractivity contribution in [2.24, 2.45) is 0 Å². The standard InChI is InChI=1S/C12H16ClNO4/c1-4-5-18-11-9(13)6-8(7-10(11)16-2)12(15)14-17-3/h6-7H,4-5H2,1-3H3,(H,14,15). The number of nitrogens with one attached hydrogen (secondary N) is 1. The van der Waals surface area contributed by atoms with Gasteiger partial charge in [-0.05, 0) is 18.6 Å². The molecule has 0 saturated heterocycles. The number of amides is 1. The minimum Gasteiger partial charge on any atom is -0.493 e. The van der Waals surface area contributed by atoms with Crippen LogP contribution in [-0.4, -0.2) is 26.7 Å². The van der Waals surface area contributed by atoms with Crippen LogP contribution < -0.4 is 15.0 Å². The lowest BCUT2D eigenvalue weighted by Crippen LogP contribution is -2.21. The summed E-state index contributed by atoms with van der Waals surface area (Å²) >= 11 is 6.07. The molecule has 1 aromatic rings. The fraction of sp³-hybridized carbons (Fsp3) is 0.417. The summed E-state index contributed by atoms with van der Waals surface area (Å²) < 4.78 is 10.6. The van der Waals surface area contributed by atoms with Crippen molar-refractivity contribution >= 4 is 17.5 Å². The predicted molar refractivity (Wildman–Crippen MR) is 68.3 cm³/mol. The van der Waals surface area contributed by atoms with Gasteiger partial charge >= 0.3 is 0 Å². The molecule has 0 spiro atoms. The van der Waals surface area contributed by atoms with Gasteiger partial charge in [-0.2, -0.15) is 0 Å². The highest BCUT2D eigenvalue weighted by Gasteiger charge is 2.15. The van der Waals surface area contributed by atoms with Gasteiger partial charge in [-0.15, -0.1) is 0 Å². The molecule has 6 heteroatoms. The molecule has 1 rings (SSSR count). The number of hydroxylamine groups is 1. The van der Waals surface area contributed by atoms with Crippen molar-refractivity contribution in [2.45, 2.75) is 13.3 Å². The Hall–Kier alpha value is -1.46. The highest BCUT2D eigenvalue weighted by atomic mass is 35.5. The maximum atomic E-state index is 11.6. The molecule has 0 heterocycles. The van der Waals surface area contributed by atoms with Gasteiger partial charge in [0.15, 0.2) is 11.5 Å². The van der Waals surface area contributed by atoms with Gasteiger partial charge in [-0.1, -0.05) is 18.5 Å². The van der Waals surface area contributed by atoms with Crippen LogP contribution in [0.25, 0.3) is 0 Å². The summed E-state index contributed by atoms with van der Waals surface area (Å²) in [5.74, 6) is 0.451. The second-order valence-corrected chi connectivity index (χ2v) is 3.88. The van der Waals surface area contributed by atoms with E-state index in [0.29, 0.717) is 28.7 Å². The van der Waals surface area contributed by atoms with Crippen LogP contribution in [-0.2, 0) is 4.84 Å². The van der Waals surface area contributed by atoms with Crippen molar-refractivity contribution in [2.75, 3.05) is 20.8 Å². The molecule has 0 saturated carbocycles. The molecule has 1 aromatic carbocycles. The zero-order valence-electron chi connectivity index (χ0n) is 10.6. The Labute approximate surface area is 111 Å². The summed E-state index contributed by atoms with van der Waals surface area (Å²) in [6, 6.07) is 3.05. The Bertz CT molecular complexity index is 423. The van der Waals surface area contributed by atoms with Crippen LogP contribution >= 0.6 is 11.6 Å². The monoisotopic (exact) mass is 273 g/mol. The zero-order valence-corrected chi connectivity index (χ0v) is 11.3. The highest BCUT2D eigenvalue weighted by molar-refractivity contribution is 6.32. The first kappa shape index (κ1) is 14.6. The maximum Gasteiger partial charge on any atom is 0.275 e. The van der Waals surface area contributed by atoms with E-state index in [2.05, 4.69) is 10.3 Å². The molecule has 0 bridgehead atoms. The molecular formula is C12H16ClNO4. The van der Waals surface area contributed by atoms with Crippen LogP contribution in [0.3, 0.4) is 0 Å². The number of hydrogen-bond donors (Lipinski definition) is 1. The number of hydrogen-bond acceptors (Lipinski definition) is 4. The van der Waals surface area contributed by atoms with Crippen molar-refractivity contribution in [3.05, 3.63) is 22.7 Å². The van der Waals surface area contributed by atoms with Gasteiger partial charge in [0.1, 0.15) is 0 Å². The van der Waals surface area contributed by atoms with Gasteiger partial charge in [0.05, 0.1) is 25.8 Å². The van der Waals surface area contributed by atoms with Gasteiger partial charge in [0.25, 0.3) is 5.91 Å². The zero-order chi connectivity index (χ0) is 13.5. The first-order chi connectivity index (χ1) is 8.63. The minimum absolute atomic E-state index is 0.323. The van der Waals surface area contributed by atoms with E-state index in [4.69, 9.17) is 21.1 Å². The number of carbonyl (C=O) groups is 1. The molecular weight excluding hydrogens is 258 g/mol. The van der Waals surface area contributed by atoms with E-state index in [-0.39, 0.29) is 0 Å². The molecule has 1 amide bonds. The Kier molecular flexibility index (Phi) is 5.74. The number of halogens is 1. The predicted octanol–water partition coefficient (Wildman–Crippen LogP) is 2.43. The van der Waals surface area contributed by atoms with Gasteiger partial charge in [0.2, 0.25) is 0 Å². The van der Waals surface area contributed by atoms with Gasteiger partial charge in [-0.25, -0.2) is 5.48 Å². The van der Waals surface area contributed by atoms with Crippen LogP contribution in [0.15, 0.2) is 12.1 Å². The topological polar surface area (TPSA) is 56.8 Å². The summed E-state index contributed by atoms with van der Waals surface area (Å²) in [5.41, 5.74) is 2.54. The molecule has 0 aliphatic heterocycles. The van der Waals surface area contributed by atoms with E-state index < -0.39 is 5.91 Å². The highest BCUT2D eigenvalue weighted by Crippen LogP contribution is 2.36. The van der Waals surface area contributed by atoms with Crippen LogP contribution in [0.4, 0.5) is 0 Å². The Morgan fingerprint density at radius 1 is 1.39 bits per heavy atom. The summed E-state index contributed by atoms with van der Waals surface area (Å²) in [7, 11) is 2.85. The van der Waals surface area contributed by atoms with Crippen molar-refractivity contribution in [1.82, 2.24) is 5.48 Å². The van der Waals surface area contributed by atoms with Crippen molar-refractivity contribution in [1.29, 1.82) is 0 Å². The average Bonchev–Trinajstić information content (AvgIpc) is 2.36. The molecule has 0 fully saturated rings. The second kappa shape index (κ2) is 7.08. The molecule has 0 aromatic heterocycles. The normalized spacial score (nSPS) is 10.0. The molecule has 100 valence electrons. The lowest BCUT2D eigenvalue weighted by molar-refractivity contribution is 0.0537. The Morgan fingerprint density at radius 3 is 2.67 bits per heavy atom. The molecule has 5 nitrogen and oxygen atoms in total. The van der Waals surface area contributed by atoms with E-state index in [9.17, 15) is 4.79 Å². The third kappa shape index (κ3) is 3.51. The SMILES string of the molecule is CCCOc1c(Cl)cc(C(=O)NOC)cc1OC. The smallest absolute Gasteiger partial charge is 0.275 e. The fourth-order valence-electron chi connectivity index (χ4n) is 1.35. The van der Waals surface area contributed by atoms with Gasteiger partial charge < -0.3 is 9.47 Å². The van der Waals surface area contributed by atoms with E-state index in [1.165, 1.54) is 20.3 Å². The molecule has 1 N–H and O–H groups in total. The average molecular weight is 274 g/mol. The third-order valence-electron chi connectivity index (χ3n) is 2.14. The molecule has 0 aliphatic rings. The summed E-state index contributed by atoms with van der Waals surface area (Å²) in [5, 5.41) is 0.323. The lowest BCUT2D eigenvalue weighted by Gasteiger charge is -2.13. The molecule has 0 atom stereocenters. The Balaban J connectivity index is 3.06. The van der Waals surface area contributed by atoms with Crippen LogP contribution in [0.1, 0.15) is 23.7 Å². The van der Waals surface area contributed by atoms with Gasteiger partial charge in [0, 0.05) is 5.56 Å². The quantitative estimate of drug-likeness (QED) is 0.809. The van der Waals surface area contributed by atoms with E-state index in [1.807, 2.05) is 6.92 Å². The summed E-state index contributed by atoms with van der Waals surface area (Å²) in [6.45, 7) is 2.51. The Morgan fingerprint density at radius 2 is 2.11 bits per heavy atom. The van der Waals surface area contributed by atoms with Crippen LogP contribution in [0.2, 0.25) is 5.02 Å². The fourth-order valence-corrected chi connectivity index (χ4v) is 1.61. The van der Waals surface area contributed by atoms with E-state index in [1.54, 1.807) is 6.07 Å². The number of carbonyl (C=O) groups excluding carboxylic acids is 1. The molecule has 0 aliphatic carbocycles. The van der Waals surface area contributed by atoms with Crippen molar-refractivity contribution < 1.29 is 19.1 Å². The number of rotatable bonds is 6. The second-order valence-electron chi connectivity index (χ2n) is 3.47. The largest absolute Gasteiger partial charge is 0.493 e. The maximum absolute atomic E-state index is 11.6. The molecule has 0 unspecified atom stereocenters. The third-order valence-corrected chi connectivity index (χ3v) is 2.42. The van der Waals surface area contributed by atoms with Crippen LogP contribution in [0, 0.1) is 0 Å². The lowest BCUT2D eigenvalue weighted by atomic mass is 10.2. The summed E-state index contributed by atoms with van der Waals surface area (Å²) in [6.07, 6.45) is 0.853. The van der Waals surface area contributed by atoms with E-state index >= 15 is 0 Å². The molecule has 18 heavy (non-hydrogen) atoms. The number of ether oxygens (including phenoxy) is 2. The van der Waals surface area contributed by atoms with Crippen LogP contribution in [0.5, 0.6) is 11.5 Å². The summed E-state index contributed by atoms with van der Waals surface area (Å²) in [4.78, 5) is 16.2. The van der Waals surface area contributed by atoms with Crippen molar-refractivity contribution in [3.8, 4) is 11.5 Å². The van der Waals surface area contributed by atoms with Crippen molar-refractivity contribution in [3.63, 3.8) is 0 Å². The number of methoxy groups -OCH3 is 1. The molecule has 0 radical (unpaired) electrons. The minimum atomic E-state index is -0.403. The van der Waals surface area contributed by atoms with E-state index in [0.717, 1.165) is 6.42 Å². The van der Waals surface area contributed by atoms with Gasteiger partial charge in [-0.3, -0.25) is 9.63 Å². The first-order valence-electron chi connectivity index (χ1n) is 5.47. The first-order valence-corrected chi connectivity index (χ1v) is 5.85. The number of benzene rings is 1.